The second-order valence-electron chi connectivity index (χ2n) is 5.82. The molecule has 1 fully saturated rings. The Morgan fingerprint density at radius 1 is 1.00 bits per heavy atom. The highest BCUT2D eigenvalue weighted by atomic mass is 16.6. The van der Waals surface area contributed by atoms with Crippen LogP contribution >= 0.6 is 0 Å². The SMILES string of the molecule is COc1cccc(OC)c1C(=O)O[C@H](C)C(=O)N1CCCCCC1. The molecule has 0 N–H and O–H groups in total. The van der Waals surface area contributed by atoms with E-state index in [1.807, 2.05) is 0 Å². The molecular formula is C18H25NO5. The maximum atomic E-state index is 12.5. The van der Waals surface area contributed by atoms with Gasteiger partial charge in [0.25, 0.3) is 5.91 Å². The van der Waals surface area contributed by atoms with Gasteiger partial charge in [-0.2, -0.15) is 0 Å². The van der Waals surface area contributed by atoms with E-state index in [0.29, 0.717) is 11.5 Å². The molecule has 132 valence electrons. The first-order chi connectivity index (χ1) is 11.6. The molecule has 1 aromatic carbocycles. The van der Waals surface area contributed by atoms with Gasteiger partial charge >= 0.3 is 5.97 Å². The Morgan fingerprint density at radius 2 is 1.54 bits per heavy atom. The Hall–Kier alpha value is -2.24. The zero-order chi connectivity index (χ0) is 17.5. The number of benzene rings is 1. The zero-order valence-corrected chi connectivity index (χ0v) is 14.5. The molecule has 0 unspecified atom stereocenters. The van der Waals surface area contributed by atoms with Crippen LogP contribution in [0.2, 0.25) is 0 Å². The molecule has 1 saturated heterocycles. The first kappa shape index (κ1) is 18.1. The van der Waals surface area contributed by atoms with Crippen LogP contribution < -0.4 is 9.47 Å². The van der Waals surface area contributed by atoms with E-state index in [4.69, 9.17) is 14.2 Å². The number of likely N-dealkylation sites (tertiary alicyclic amines) is 1. The summed E-state index contributed by atoms with van der Waals surface area (Å²) in [5.74, 6) is -0.0679. The minimum absolute atomic E-state index is 0.154. The van der Waals surface area contributed by atoms with Gasteiger partial charge in [-0.05, 0) is 31.9 Å². The van der Waals surface area contributed by atoms with Crippen LogP contribution in [0.3, 0.4) is 0 Å². The number of hydrogen-bond acceptors (Lipinski definition) is 5. The Bertz CT molecular complexity index is 557. The fourth-order valence-corrected chi connectivity index (χ4v) is 2.87. The minimum Gasteiger partial charge on any atom is -0.496 e. The third-order valence-corrected chi connectivity index (χ3v) is 4.18. The summed E-state index contributed by atoms with van der Waals surface area (Å²) in [5.41, 5.74) is 0.193. The van der Waals surface area contributed by atoms with Crippen LogP contribution in [0.4, 0.5) is 0 Å². The van der Waals surface area contributed by atoms with Crippen LogP contribution in [-0.2, 0) is 9.53 Å². The largest absolute Gasteiger partial charge is 0.496 e. The van der Waals surface area contributed by atoms with Crippen molar-refractivity contribution in [2.75, 3.05) is 27.3 Å². The summed E-state index contributed by atoms with van der Waals surface area (Å²) in [5, 5.41) is 0. The maximum Gasteiger partial charge on any atom is 0.346 e. The average molecular weight is 335 g/mol. The lowest BCUT2D eigenvalue weighted by Gasteiger charge is -2.24. The van der Waals surface area contributed by atoms with Crippen molar-refractivity contribution in [1.82, 2.24) is 4.90 Å². The van der Waals surface area contributed by atoms with Gasteiger partial charge in [0.15, 0.2) is 6.10 Å². The summed E-state index contributed by atoms with van der Waals surface area (Å²) in [7, 11) is 2.94. The third kappa shape index (κ3) is 4.19. The summed E-state index contributed by atoms with van der Waals surface area (Å²) in [6, 6.07) is 5.03. The molecule has 1 heterocycles. The molecule has 6 nitrogen and oxygen atoms in total. The van der Waals surface area contributed by atoms with Gasteiger partial charge in [-0.25, -0.2) is 4.79 Å². The van der Waals surface area contributed by atoms with Crippen molar-refractivity contribution in [2.24, 2.45) is 0 Å². The number of amides is 1. The molecule has 24 heavy (non-hydrogen) atoms. The molecule has 0 spiro atoms. The van der Waals surface area contributed by atoms with E-state index in [9.17, 15) is 9.59 Å². The minimum atomic E-state index is -0.842. The highest BCUT2D eigenvalue weighted by Crippen LogP contribution is 2.29. The van der Waals surface area contributed by atoms with Crippen molar-refractivity contribution in [3.05, 3.63) is 23.8 Å². The van der Waals surface area contributed by atoms with E-state index in [1.165, 1.54) is 14.2 Å². The van der Waals surface area contributed by atoms with E-state index in [1.54, 1.807) is 30.0 Å². The van der Waals surface area contributed by atoms with Gasteiger partial charge in [0.1, 0.15) is 17.1 Å². The normalized spacial score (nSPS) is 16.0. The molecule has 0 saturated carbocycles. The van der Waals surface area contributed by atoms with Crippen molar-refractivity contribution in [3.63, 3.8) is 0 Å². The van der Waals surface area contributed by atoms with Crippen LogP contribution in [0.1, 0.15) is 43.0 Å². The Balaban J connectivity index is 2.09. The van der Waals surface area contributed by atoms with E-state index in [0.717, 1.165) is 38.8 Å². The standard InChI is InChI=1S/C18H25NO5/c1-13(17(20)19-11-6-4-5-7-12-19)24-18(21)16-14(22-2)9-8-10-15(16)23-3/h8-10,13H,4-7,11-12H2,1-3H3/t13-/m1/s1. The molecule has 0 radical (unpaired) electrons. The molecule has 1 amide bonds. The molecule has 2 rings (SSSR count). The number of rotatable bonds is 5. The predicted molar refractivity (Wildman–Crippen MR) is 89.5 cm³/mol. The van der Waals surface area contributed by atoms with Gasteiger partial charge in [-0.15, -0.1) is 0 Å². The lowest BCUT2D eigenvalue weighted by Crippen LogP contribution is -2.40. The van der Waals surface area contributed by atoms with Crippen LogP contribution in [0, 0.1) is 0 Å². The molecule has 1 atom stereocenters. The number of hydrogen-bond donors (Lipinski definition) is 0. The van der Waals surface area contributed by atoms with E-state index in [2.05, 4.69) is 0 Å². The number of nitrogens with zero attached hydrogens (tertiary/aromatic N) is 1. The Labute approximate surface area is 142 Å². The number of carbonyl (C=O) groups is 2. The predicted octanol–water partition coefficient (Wildman–Crippen LogP) is 2.65. The van der Waals surface area contributed by atoms with Gasteiger partial charge in [-0.1, -0.05) is 18.9 Å². The summed E-state index contributed by atoms with van der Waals surface area (Å²) in [4.78, 5) is 26.8. The van der Waals surface area contributed by atoms with Gasteiger partial charge in [0, 0.05) is 13.1 Å². The van der Waals surface area contributed by atoms with E-state index < -0.39 is 12.1 Å². The monoisotopic (exact) mass is 335 g/mol. The van der Waals surface area contributed by atoms with Gasteiger partial charge in [0.05, 0.1) is 14.2 Å². The fraction of sp³-hybridized carbons (Fsp3) is 0.556. The molecular weight excluding hydrogens is 310 g/mol. The van der Waals surface area contributed by atoms with Gasteiger partial charge in [0.2, 0.25) is 0 Å². The highest BCUT2D eigenvalue weighted by molar-refractivity contribution is 5.97. The Morgan fingerprint density at radius 3 is 2.04 bits per heavy atom. The molecule has 1 aromatic rings. The van der Waals surface area contributed by atoms with Crippen molar-refractivity contribution < 1.29 is 23.8 Å². The summed E-state index contributed by atoms with van der Waals surface area (Å²) >= 11 is 0. The van der Waals surface area contributed by atoms with Crippen LogP contribution in [0.5, 0.6) is 11.5 Å². The van der Waals surface area contributed by atoms with Gasteiger partial charge < -0.3 is 19.1 Å². The quantitative estimate of drug-likeness (QED) is 0.774. The number of carbonyl (C=O) groups excluding carboxylic acids is 2. The fourth-order valence-electron chi connectivity index (χ4n) is 2.87. The van der Waals surface area contributed by atoms with Crippen LogP contribution in [0.25, 0.3) is 0 Å². The van der Waals surface area contributed by atoms with Crippen molar-refractivity contribution >= 4 is 11.9 Å². The first-order valence-electron chi connectivity index (χ1n) is 8.29. The molecule has 0 aromatic heterocycles. The van der Waals surface area contributed by atoms with Crippen molar-refractivity contribution in [3.8, 4) is 11.5 Å². The number of methoxy groups -OCH3 is 2. The summed E-state index contributed by atoms with van der Waals surface area (Å²) in [6.45, 7) is 3.05. The number of ether oxygens (including phenoxy) is 3. The number of esters is 1. The Kier molecular flexibility index (Phi) is 6.46. The molecule has 1 aliphatic rings. The van der Waals surface area contributed by atoms with E-state index in [-0.39, 0.29) is 11.5 Å². The second-order valence-corrected chi connectivity index (χ2v) is 5.82. The lowest BCUT2D eigenvalue weighted by molar-refractivity contribution is -0.139. The lowest BCUT2D eigenvalue weighted by atomic mass is 10.1. The maximum absolute atomic E-state index is 12.5. The first-order valence-corrected chi connectivity index (χ1v) is 8.29. The summed E-state index contributed by atoms with van der Waals surface area (Å²) < 4.78 is 15.8. The average Bonchev–Trinajstić information content (AvgIpc) is 2.89. The topological polar surface area (TPSA) is 65.1 Å². The van der Waals surface area contributed by atoms with Crippen LogP contribution in [-0.4, -0.2) is 50.2 Å². The molecule has 1 aliphatic heterocycles. The van der Waals surface area contributed by atoms with Gasteiger partial charge in [-0.3, -0.25) is 4.79 Å². The third-order valence-electron chi connectivity index (χ3n) is 4.18. The van der Waals surface area contributed by atoms with Crippen molar-refractivity contribution in [2.45, 2.75) is 38.7 Å². The smallest absolute Gasteiger partial charge is 0.346 e. The zero-order valence-electron chi connectivity index (χ0n) is 14.5. The second kappa shape index (κ2) is 8.57. The van der Waals surface area contributed by atoms with Crippen LogP contribution in [0.15, 0.2) is 18.2 Å². The molecule has 0 aliphatic carbocycles. The molecule has 6 heteroatoms. The highest BCUT2D eigenvalue weighted by Gasteiger charge is 2.27. The van der Waals surface area contributed by atoms with E-state index >= 15 is 0 Å². The summed E-state index contributed by atoms with van der Waals surface area (Å²) in [6.07, 6.45) is 3.41. The van der Waals surface area contributed by atoms with Crippen molar-refractivity contribution in [1.29, 1.82) is 0 Å². The molecule has 0 bridgehead atoms.